The van der Waals surface area contributed by atoms with E-state index < -0.39 is 6.04 Å². The molecule has 0 radical (unpaired) electrons. The number of methoxy groups -OCH3 is 1. The number of amides is 2. The molecule has 0 bridgehead atoms. The topological polar surface area (TPSA) is 58.6 Å². The Morgan fingerprint density at radius 1 is 0.935 bits per heavy atom. The number of hydrogen-bond acceptors (Lipinski definition) is 3. The predicted molar refractivity (Wildman–Crippen MR) is 122 cm³/mol. The number of hydrogen-bond donors (Lipinski definition) is 1. The average molecular weight is 437 g/mol. The normalized spacial score (nSPS) is 11.5. The summed E-state index contributed by atoms with van der Waals surface area (Å²) in [7, 11) is 1.60. The van der Waals surface area contributed by atoms with Crippen molar-refractivity contribution in [1.82, 2.24) is 10.2 Å². The Kier molecular flexibility index (Phi) is 7.68. The van der Waals surface area contributed by atoms with Crippen LogP contribution in [0.1, 0.15) is 29.7 Å². The van der Waals surface area contributed by atoms with E-state index >= 15 is 0 Å². The number of ether oxygens (including phenoxy) is 1. The molecule has 0 saturated carbocycles. The van der Waals surface area contributed by atoms with Crippen LogP contribution in [0.15, 0.2) is 78.9 Å². The summed E-state index contributed by atoms with van der Waals surface area (Å²) in [6.45, 7) is 2.12. The maximum absolute atomic E-state index is 13.3. The highest BCUT2D eigenvalue weighted by Gasteiger charge is 2.29. The molecule has 0 aliphatic rings. The minimum absolute atomic E-state index is 0.189. The van der Waals surface area contributed by atoms with Crippen molar-refractivity contribution in [2.75, 3.05) is 7.11 Å². The Bertz CT molecular complexity index is 1010. The van der Waals surface area contributed by atoms with E-state index in [-0.39, 0.29) is 11.8 Å². The van der Waals surface area contributed by atoms with Crippen molar-refractivity contribution in [3.05, 3.63) is 101 Å². The molecule has 160 valence electrons. The largest absolute Gasteiger partial charge is 0.497 e. The van der Waals surface area contributed by atoms with E-state index in [2.05, 4.69) is 5.32 Å². The van der Waals surface area contributed by atoms with Crippen molar-refractivity contribution in [3.8, 4) is 5.75 Å². The molecule has 0 saturated heterocycles. The molecule has 0 fully saturated rings. The SMILES string of the molecule is COc1ccc(CN(C(C)=O)[C@@H](C(=O)NCc2ccc(Cl)cc2)c2ccccc2)cc1. The molecule has 2 amide bonds. The molecule has 31 heavy (non-hydrogen) atoms. The van der Waals surface area contributed by atoms with Gasteiger partial charge in [-0.25, -0.2) is 0 Å². The summed E-state index contributed by atoms with van der Waals surface area (Å²) in [6.07, 6.45) is 0. The van der Waals surface area contributed by atoms with Crippen LogP contribution in [0.25, 0.3) is 0 Å². The van der Waals surface area contributed by atoms with Crippen molar-refractivity contribution >= 4 is 23.4 Å². The standard InChI is InChI=1S/C25H25ClN2O3/c1-18(29)28(17-20-10-14-23(31-2)15-11-20)24(21-6-4-3-5-7-21)25(30)27-16-19-8-12-22(26)13-9-19/h3-15,24H,16-17H2,1-2H3,(H,27,30)/t24-/m1/s1. The first-order chi connectivity index (χ1) is 15.0. The minimum Gasteiger partial charge on any atom is -0.497 e. The van der Waals surface area contributed by atoms with E-state index in [1.807, 2.05) is 66.7 Å². The third-order valence-corrected chi connectivity index (χ3v) is 5.22. The number of benzene rings is 3. The second kappa shape index (κ2) is 10.6. The zero-order valence-electron chi connectivity index (χ0n) is 17.5. The lowest BCUT2D eigenvalue weighted by molar-refractivity contribution is -0.140. The van der Waals surface area contributed by atoms with Crippen LogP contribution in [0.2, 0.25) is 5.02 Å². The smallest absolute Gasteiger partial charge is 0.247 e. The Balaban J connectivity index is 1.85. The van der Waals surface area contributed by atoms with Crippen molar-refractivity contribution in [3.63, 3.8) is 0 Å². The van der Waals surface area contributed by atoms with Crippen LogP contribution < -0.4 is 10.1 Å². The summed E-state index contributed by atoms with van der Waals surface area (Å²) in [6, 6.07) is 23.3. The van der Waals surface area contributed by atoms with Gasteiger partial charge in [-0.05, 0) is 41.0 Å². The highest BCUT2D eigenvalue weighted by atomic mass is 35.5. The second-order valence-corrected chi connectivity index (χ2v) is 7.59. The highest BCUT2D eigenvalue weighted by Crippen LogP contribution is 2.25. The quantitative estimate of drug-likeness (QED) is 0.554. The summed E-state index contributed by atoms with van der Waals surface area (Å²) in [5, 5.41) is 3.60. The van der Waals surface area contributed by atoms with Gasteiger partial charge in [0, 0.05) is 25.0 Å². The van der Waals surface area contributed by atoms with Gasteiger partial charge in [0.1, 0.15) is 11.8 Å². The molecule has 0 aliphatic carbocycles. The fourth-order valence-electron chi connectivity index (χ4n) is 3.31. The van der Waals surface area contributed by atoms with Gasteiger partial charge < -0.3 is 15.0 Å². The average Bonchev–Trinajstić information content (AvgIpc) is 2.79. The maximum atomic E-state index is 13.3. The maximum Gasteiger partial charge on any atom is 0.247 e. The van der Waals surface area contributed by atoms with E-state index in [4.69, 9.17) is 16.3 Å². The Morgan fingerprint density at radius 2 is 1.55 bits per heavy atom. The monoisotopic (exact) mass is 436 g/mol. The molecule has 0 unspecified atom stereocenters. The predicted octanol–water partition coefficient (Wildman–Crippen LogP) is 4.75. The van der Waals surface area contributed by atoms with Crippen molar-refractivity contribution in [1.29, 1.82) is 0 Å². The number of carbonyl (C=O) groups excluding carboxylic acids is 2. The number of carbonyl (C=O) groups is 2. The summed E-state index contributed by atoms with van der Waals surface area (Å²) in [5.74, 6) is 0.301. The summed E-state index contributed by atoms with van der Waals surface area (Å²) in [5.41, 5.74) is 2.58. The van der Waals surface area contributed by atoms with Crippen molar-refractivity contribution < 1.29 is 14.3 Å². The first-order valence-corrected chi connectivity index (χ1v) is 10.3. The zero-order valence-corrected chi connectivity index (χ0v) is 18.3. The Morgan fingerprint density at radius 3 is 2.13 bits per heavy atom. The van der Waals surface area contributed by atoms with E-state index in [0.29, 0.717) is 18.1 Å². The van der Waals surface area contributed by atoms with Gasteiger partial charge >= 0.3 is 0 Å². The van der Waals surface area contributed by atoms with Gasteiger partial charge in [-0.15, -0.1) is 0 Å². The lowest BCUT2D eigenvalue weighted by Gasteiger charge is -2.30. The third-order valence-electron chi connectivity index (χ3n) is 4.97. The fourth-order valence-corrected chi connectivity index (χ4v) is 3.43. The fraction of sp³-hybridized carbons (Fsp3) is 0.200. The van der Waals surface area contributed by atoms with E-state index in [9.17, 15) is 9.59 Å². The number of nitrogens with zero attached hydrogens (tertiary/aromatic N) is 1. The molecule has 1 N–H and O–H groups in total. The van der Waals surface area contributed by atoms with E-state index in [1.165, 1.54) is 6.92 Å². The molecule has 0 aliphatic heterocycles. The molecule has 0 spiro atoms. The molecule has 5 nitrogen and oxygen atoms in total. The highest BCUT2D eigenvalue weighted by molar-refractivity contribution is 6.30. The molecular weight excluding hydrogens is 412 g/mol. The van der Waals surface area contributed by atoms with Gasteiger partial charge in [0.25, 0.3) is 0 Å². The van der Waals surface area contributed by atoms with Gasteiger partial charge in [0.15, 0.2) is 0 Å². The molecule has 0 heterocycles. The minimum atomic E-state index is -0.756. The molecule has 3 aromatic rings. The summed E-state index contributed by atoms with van der Waals surface area (Å²) >= 11 is 5.94. The molecule has 0 aromatic heterocycles. The van der Waals surface area contributed by atoms with Crippen LogP contribution >= 0.6 is 11.6 Å². The van der Waals surface area contributed by atoms with E-state index in [1.54, 1.807) is 24.1 Å². The lowest BCUT2D eigenvalue weighted by Crippen LogP contribution is -2.42. The van der Waals surface area contributed by atoms with Crippen LogP contribution in [-0.4, -0.2) is 23.8 Å². The van der Waals surface area contributed by atoms with Crippen LogP contribution in [-0.2, 0) is 22.7 Å². The summed E-state index contributed by atoms with van der Waals surface area (Å²) < 4.78 is 5.21. The van der Waals surface area contributed by atoms with Crippen molar-refractivity contribution in [2.24, 2.45) is 0 Å². The third kappa shape index (κ3) is 6.09. The van der Waals surface area contributed by atoms with E-state index in [0.717, 1.165) is 22.4 Å². The summed E-state index contributed by atoms with van der Waals surface area (Å²) in [4.78, 5) is 27.5. The second-order valence-electron chi connectivity index (χ2n) is 7.15. The van der Waals surface area contributed by atoms with Crippen LogP contribution in [0.3, 0.4) is 0 Å². The van der Waals surface area contributed by atoms with Gasteiger partial charge in [-0.1, -0.05) is 66.2 Å². The first kappa shape index (κ1) is 22.4. The molecule has 3 rings (SSSR count). The van der Waals surface area contributed by atoms with Gasteiger partial charge in [-0.3, -0.25) is 9.59 Å². The molecule has 3 aromatic carbocycles. The van der Waals surface area contributed by atoms with Crippen molar-refractivity contribution in [2.45, 2.75) is 26.1 Å². The van der Waals surface area contributed by atoms with Gasteiger partial charge in [0.2, 0.25) is 11.8 Å². The number of rotatable bonds is 8. The first-order valence-electron chi connectivity index (χ1n) is 9.95. The Labute approximate surface area is 187 Å². The molecule has 1 atom stereocenters. The number of nitrogens with one attached hydrogen (secondary N) is 1. The van der Waals surface area contributed by atoms with Crippen LogP contribution in [0, 0.1) is 0 Å². The van der Waals surface area contributed by atoms with Gasteiger partial charge in [0.05, 0.1) is 7.11 Å². The van der Waals surface area contributed by atoms with Crippen LogP contribution in [0.4, 0.5) is 0 Å². The Hall–Kier alpha value is -3.31. The lowest BCUT2D eigenvalue weighted by atomic mass is 10.0. The zero-order chi connectivity index (χ0) is 22.2. The van der Waals surface area contributed by atoms with Gasteiger partial charge in [-0.2, -0.15) is 0 Å². The molecular formula is C25H25ClN2O3. The molecule has 6 heteroatoms. The number of halogens is 1. The van der Waals surface area contributed by atoms with Crippen LogP contribution in [0.5, 0.6) is 5.75 Å².